The molecule has 2 aromatic rings. The van der Waals surface area contributed by atoms with Gasteiger partial charge in [0.2, 0.25) is 0 Å². The van der Waals surface area contributed by atoms with E-state index in [-0.39, 0.29) is 12.2 Å². The maximum Gasteiger partial charge on any atom is 0.321 e. The molecule has 0 saturated carbocycles. The molecule has 0 unspecified atom stereocenters. The maximum absolute atomic E-state index is 13.5. The number of nitrogens with one attached hydrogen (secondary N) is 1. The highest BCUT2D eigenvalue weighted by Crippen LogP contribution is 2.12. The van der Waals surface area contributed by atoms with Crippen molar-refractivity contribution in [3.8, 4) is 11.8 Å². The van der Waals surface area contributed by atoms with Crippen molar-refractivity contribution in [3.63, 3.8) is 0 Å². The average molecular weight is 312 g/mol. The van der Waals surface area contributed by atoms with Crippen LogP contribution in [0.2, 0.25) is 0 Å². The fourth-order valence-electron chi connectivity index (χ4n) is 1.86. The van der Waals surface area contributed by atoms with E-state index in [4.69, 9.17) is 10.8 Å². The van der Waals surface area contributed by atoms with Crippen molar-refractivity contribution in [2.24, 2.45) is 5.73 Å². The van der Waals surface area contributed by atoms with Crippen LogP contribution >= 0.6 is 0 Å². The first-order chi connectivity index (χ1) is 11.1. The molecular weight excluding hydrogens is 295 g/mol. The topological polar surface area (TPSA) is 75.3 Å². The minimum atomic E-state index is -1.06. The van der Waals surface area contributed by atoms with Crippen LogP contribution in [0.25, 0.3) is 0 Å². The third-order valence-electron chi connectivity index (χ3n) is 3.20. The molecule has 23 heavy (non-hydrogen) atoms. The highest BCUT2D eigenvalue weighted by molar-refractivity contribution is 5.73. The van der Waals surface area contributed by atoms with E-state index in [1.807, 2.05) is 24.3 Å². The number of hydrogen-bond acceptors (Lipinski definition) is 3. The minimum Gasteiger partial charge on any atom is -0.480 e. The van der Waals surface area contributed by atoms with E-state index >= 15 is 0 Å². The fourth-order valence-corrected chi connectivity index (χ4v) is 1.86. The Bertz CT molecular complexity index is 733. The zero-order valence-corrected chi connectivity index (χ0v) is 12.4. The van der Waals surface area contributed by atoms with Crippen molar-refractivity contribution >= 4 is 11.7 Å². The van der Waals surface area contributed by atoms with Gasteiger partial charge in [-0.1, -0.05) is 30.0 Å². The van der Waals surface area contributed by atoms with Crippen molar-refractivity contribution in [3.05, 3.63) is 65.5 Å². The van der Waals surface area contributed by atoms with Crippen LogP contribution in [0.5, 0.6) is 0 Å². The van der Waals surface area contributed by atoms with E-state index in [0.29, 0.717) is 12.1 Å². The first-order valence-electron chi connectivity index (χ1n) is 7.11. The fraction of sp³-hybridized carbons (Fsp3) is 0.167. The normalized spacial score (nSPS) is 11.2. The molecule has 5 heteroatoms. The largest absolute Gasteiger partial charge is 0.480 e. The first kappa shape index (κ1) is 16.5. The Kier molecular flexibility index (Phi) is 5.73. The summed E-state index contributed by atoms with van der Waals surface area (Å²) in [6, 6.07) is 12.9. The smallest absolute Gasteiger partial charge is 0.321 e. The van der Waals surface area contributed by atoms with E-state index in [0.717, 1.165) is 11.3 Å². The van der Waals surface area contributed by atoms with Crippen LogP contribution in [0, 0.1) is 17.7 Å². The average Bonchev–Trinajstić information content (AvgIpc) is 2.55. The molecule has 0 heterocycles. The summed E-state index contributed by atoms with van der Waals surface area (Å²) in [5.41, 5.74) is 7.58. The Hall–Kier alpha value is -2.84. The van der Waals surface area contributed by atoms with Gasteiger partial charge < -0.3 is 16.2 Å². The molecule has 0 aliphatic heterocycles. The van der Waals surface area contributed by atoms with E-state index in [9.17, 15) is 9.18 Å². The summed E-state index contributed by atoms with van der Waals surface area (Å²) in [6.45, 7) is 0.394. The third kappa shape index (κ3) is 5.13. The van der Waals surface area contributed by atoms with Gasteiger partial charge in [0.25, 0.3) is 0 Å². The Balaban J connectivity index is 1.91. The van der Waals surface area contributed by atoms with Gasteiger partial charge in [-0.3, -0.25) is 4.79 Å². The second kappa shape index (κ2) is 7.97. The molecule has 1 atom stereocenters. The second-order valence-electron chi connectivity index (χ2n) is 4.97. The molecule has 0 spiro atoms. The minimum absolute atomic E-state index is 0.0998. The first-order valence-corrected chi connectivity index (χ1v) is 7.11. The quantitative estimate of drug-likeness (QED) is 0.742. The Morgan fingerprint density at radius 3 is 2.57 bits per heavy atom. The number of carboxylic acid groups (broad SMARTS) is 1. The Morgan fingerprint density at radius 1 is 1.22 bits per heavy atom. The zero-order valence-electron chi connectivity index (χ0n) is 12.4. The summed E-state index contributed by atoms with van der Waals surface area (Å²) in [6.07, 6.45) is 0.0998. The lowest BCUT2D eigenvalue weighted by atomic mass is 10.1. The zero-order chi connectivity index (χ0) is 16.7. The van der Waals surface area contributed by atoms with Crippen LogP contribution in [0.1, 0.15) is 17.5 Å². The number of benzene rings is 2. The van der Waals surface area contributed by atoms with Crippen LogP contribution in [0.4, 0.5) is 10.1 Å². The predicted octanol–water partition coefficient (Wildman–Crippen LogP) is 2.59. The van der Waals surface area contributed by atoms with Crippen molar-refractivity contribution in [1.29, 1.82) is 0 Å². The predicted molar refractivity (Wildman–Crippen MR) is 87.3 cm³/mol. The second-order valence-corrected chi connectivity index (χ2v) is 4.97. The lowest BCUT2D eigenvalue weighted by molar-refractivity contribution is -0.138. The number of carbonyl (C=O) groups is 1. The monoisotopic (exact) mass is 312 g/mol. The molecule has 0 aromatic heterocycles. The van der Waals surface area contributed by atoms with Crippen molar-refractivity contribution < 1.29 is 14.3 Å². The maximum atomic E-state index is 13.5. The molecule has 0 saturated heterocycles. The van der Waals surface area contributed by atoms with E-state index < -0.39 is 12.0 Å². The van der Waals surface area contributed by atoms with Gasteiger partial charge in [-0.05, 0) is 30.3 Å². The van der Waals surface area contributed by atoms with Gasteiger partial charge >= 0.3 is 5.97 Å². The third-order valence-corrected chi connectivity index (χ3v) is 3.20. The van der Waals surface area contributed by atoms with E-state index in [1.54, 1.807) is 18.2 Å². The van der Waals surface area contributed by atoms with E-state index in [2.05, 4.69) is 17.2 Å². The van der Waals surface area contributed by atoms with Gasteiger partial charge in [0.1, 0.15) is 11.9 Å². The number of carboxylic acids is 1. The highest BCUT2D eigenvalue weighted by Gasteiger charge is 2.08. The number of halogens is 1. The summed E-state index contributed by atoms with van der Waals surface area (Å²) >= 11 is 0. The molecule has 2 rings (SSSR count). The molecule has 4 N–H and O–H groups in total. The molecule has 0 aliphatic rings. The molecule has 0 aliphatic carbocycles. The van der Waals surface area contributed by atoms with Crippen LogP contribution in [0.15, 0.2) is 48.5 Å². The summed E-state index contributed by atoms with van der Waals surface area (Å²) in [4.78, 5) is 10.6. The van der Waals surface area contributed by atoms with Gasteiger partial charge in [-0.2, -0.15) is 0 Å². The van der Waals surface area contributed by atoms with Crippen LogP contribution in [-0.4, -0.2) is 17.1 Å². The molecule has 4 nitrogen and oxygen atoms in total. The van der Waals surface area contributed by atoms with Gasteiger partial charge in [0.15, 0.2) is 0 Å². The molecule has 0 bridgehead atoms. The molecule has 0 amide bonds. The molecule has 2 aromatic carbocycles. The summed E-state index contributed by atoms with van der Waals surface area (Å²) in [5, 5.41) is 11.8. The van der Waals surface area contributed by atoms with Crippen LogP contribution < -0.4 is 11.1 Å². The number of nitrogens with two attached hydrogens (primary N) is 1. The summed E-state index contributed by atoms with van der Waals surface area (Å²) in [7, 11) is 0. The summed E-state index contributed by atoms with van der Waals surface area (Å²) in [5.74, 6) is 4.30. The number of aliphatic carboxylic acids is 1. The lowest BCUT2D eigenvalue weighted by Gasteiger charge is -2.07. The van der Waals surface area contributed by atoms with Crippen molar-refractivity contribution in [2.45, 2.75) is 19.0 Å². The highest BCUT2D eigenvalue weighted by atomic mass is 19.1. The van der Waals surface area contributed by atoms with Gasteiger partial charge in [-0.15, -0.1) is 0 Å². The van der Waals surface area contributed by atoms with Gasteiger partial charge in [0.05, 0.1) is 0 Å². The van der Waals surface area contributed by atoms with Crippen molar-refractivity contribution in [2.75, 3.05) is 5.32 Å². The van der Waals surface area contributed by atoms with E-state index in [1.165, 1.54) is 6.07 Å². The standard InChI is InChI=1S/C18H17FN2O2/c19-16-6-2-1-5-14(16)12-21-15-10-8-13(9-11-15)4-3-7-17(20)18(22)23/h1-2,5-6,8-11,17,21H,7,12,20H2,(H,22,23)/t17-/m0/s1. The molecular formula is C18H17FN2O2. The van der Waals surface area contributed by atoms with Gasteiger partial charge in [0, 0.05) is 29.8 Å². The number of rotatable bonds is 5. The summed E-state index contributed by atoms with van der Waals surface area (Å²) < 4.78 is 13.5. The van der Waals surface area contributed by atoms with Crippen LogP contribution in [0.3, 0.4) is 0 Å². The number of anilines is 1. The lowest BCUT2D eigenvalue weighted by Crippen LogP contribution is -2.29. The Labute approximate surface area is 134 Å². The van der Waals surface area contributed by atoms with Crippen molar-refractivity contribution in [1.82, 2.24) is 0 Å². The molecule has 118 valence electrons. The van der Waals surface area contributed by atoms with Gasteiger partial charge in [-0.25, -0.2) is 4.39 Å². The SMILES string of the molecule is N[C@@H](CC#Cc1ccc(NCc2ccccc2F)cc1)C(=O)O. The Morgan fingerprint density at radius 2 is 1.91 bits per heavy atom. The molecule has 0 radical (unpaired) electrons. The molecule has 0 fully saturated rings. The van der Waals surface area contributed by atoms with Crippen LogP contribution in [-0.2, 0) is 11.3 Å². The number of hydrogen-bond donors (Lipinski definition) is 3.